The van der Waals surface area contributed by atoms with E-state index in [0.29, 0.717) is 12.3 Å². The van der Waals surface area contributed by atoms with Gasteiger partial charge in [-0.3, -0.25) is 4.79 Å². The van der Waals surface area contributed by atoms with Crippen LogP contribution in [0.2, 0.25) is 0 Å². The number of aryl methyl sites for hydroxylation is 1. The maximum atomic E-state index is 11.4. The van der Waals surface area contributed by atoms with Crippen LogP contribution in [0, 0.1) is 6.92 Å². The molecule has 3 N–H and O–H groups in total. The van der Waals surface area contributed by atoms with Gasteiger partial charge in [0.25, 0.3) is 5.91 Å². The zero-order valence-corrected chi connectivity index (χ0v) is 11.8. The van der Waals surface area contributed by atoms with Gasteiger partial charge in [0.15, 0.2) is 6.10 Å². The van der Waals surface area contributed by atoms with Gasteiger partial charge in [-0.25, -0.2) is 0 Å². The van der Waals surface area contributed by atoms with Crippen molar-refractivity contribution in [3.05, 3.63) is 27.7 Å². The summed E-state index contributed by atoms with van der Waals surface area (Å²) in [6.45, 7) is 4.01. The van der Waals surface area contributed by atoms with Gasteiger partial charge in [-0.05, 0) is 31.5 Å². The van der Waals surface area contributed by atoms with Crippen molar-refractivity contribution in [1.29, 1.82) is 0 Å². The van der Waals surface area contributed by atoms with E-state index in [4.69, 9.17) is 10.5 Å². The second-order valence-electron chi connectivity index (χ2n) is 3.79. The highest BCUT2D eigenvalue weighted by Crippen LogP contribution is 2.28. The number of carbonyl (C=O) groups excluding carboxylic acids is 1. The van der Waals surface area contributed by atoms with Crippen LogP contribution in [0.1, 0.15) is 18.1 Å². The predicted molar refractivity (Wildman–Crippen MR) is 70.9 cm³/mol. The van der Waals surface area contributed by atoms with E-state index in [1.54, 1.807) is 14.0 Å². The molecule has 17 heavy (non-hydrogen) atoms. The van der Waals surface area contributed by atoms with E-state index < -0.39 is 6.10 Å². The molecule has 0 fully saturated rings. The van der Waals surface area contributed by atoms with Crippen molar-refractivity contribution in [2.75, 3.05) is 7.05 Å². The molecular formula is C12H17BrN2O2. The molecule has 1 unspecified atom stereocenters. The summed E-state index contributed by atoms with van der Waals surface area (Å²) in [5.74, 6) is 0.530. The number of nitrogens with two attached hydrogens (primary N) is 1. The van der Waals surface area contributed by atoms with Gasteiger partial charge >= 0.3 is 0 Å². The van der Waals surface area contributed by atoms with Crippen LogP contribution in [0.3, 0.4) is 0 Å². The topological polar surface area (TPSA) is 64.3 Å². The quantitative estimate of drug-likeness (QED) is 0.890. The molecule has 5 heteroatoms. The molecule has 0 heterocycles. The Morgan fingerprint density at radius 2 is 2.24 bits per heavy atom. The number of benzene rings is 1. The van der Waals surface area contributed by atoms with Crippen LogP contribution in [0.5, 0.6) is 5.75 Å². The fraction of sp³-hybridized carbons (Fsp3) is 0.417. The van der Waals surface area contributed by atoms with Gasteiger partial charge in [0.2, 0.25) is 0 Å². The van der Waals surface area contributed by atoms with E-state index >= 15 is 0 Å². The van der Waals surface area contributed by atoms with Crippen molar-refractivity contribution >= 4 is 21.8 Å². The summed E-state index contributed by atoms with van der Waals surface area (Å²) in [4.78, 5) is 11.4. The van der Waals surface area contributed by atoms with Crippen LogP contribution in [0.4, 0.5) is 0 Å². The molecule has 0 saturated carbocycles. The lowest BCUT2D eigenvalue weighted by Gasteiger charge is -2.18. The Morgan fingerprint density at radius 3 is 2.76 bits per heavy atom. The fourth-order valence-electron chi connectivity index (χ4n) is 1.55. The third kappa shape index (κ3) is 3.44. The molecular weight excluding hydrogens is 284 g/mol. The third-order valence-corrected chi connectivity index (χ3v) is 2.90. The Hall–Kier alpha value is -1.07. The second kappa shape index (κ2) is 6.02. The summed E-state index contributed by atoms with van der Waals surface area (Å²) < 4.78 is 6.62. The number of halogens is 1. The Bertz CT molecular complexity index is 421. The van der Waals surface area contributed by atoms with E-state index in [0.717, 1.165) is 15.6 Å². The second-order valence-corrected chi connectivity index (χ2v) is 4.71. The van der Waals surface area contributed by atoms with E-state index in [2.05, 4.69) is 21.2 Å². The SMILES string of the molecule is CNC(=O)C(C)Oc1c(C)cc(Br)cc1CN. The Morgan fingerprint density at radius 1 is 1.59 bits per heavy atom. The van der Waals surface area contributed by atoms with Crippen molar-refractivity contribution < 1.29 is 9.53 Å². The standard InChI is InChI=1S/C12H17BrN2O2/c1-7-4-10(13)5-9(6-14)11(7)17-8(2)12(16)15-3/h4-5,8H,6,14H2,1-3H3,(H,15,16). The van der Waals surface area contributed by atoms with Crippen LogP contribution < -0.4 is 15.8 Å². The minimum atomic E-state index is -0.537. The first-order chi connectivity index (χ1) is 7.99. The normalized spacial score (nSPS) is 12.1. The Kier molecular flexibility index (Phi) is 4.96. The fourth-order valence-corrected chi connectivity index (χ4v) is 2.17. The number of carbonyl (C=O) groups is 1. The molecule has 0 aromatic heterocycles. The summed E-state index contributed by atoms with van der Waals surface area (Å²) in [7, 11) is 1.58. The molecule has 0 bridgehead atoms. The smallest absolute Gasteiger partial charge is 0.260 e. The van der Waals surface area contributed by atoms with E-state index in [-0.39, 0.29) is 5.91 Å². The van der Waals surface area contributed by atoms with Crippen LogP contribution in [0.15, 0.2) is 16.6 Å². The van der Waals surface area contributed by atoms with Crippen molar-refractivity contribution in [1.82, 2.24) is 5.32 Å². The molecule has 0 spiro atoms. The number of rotatable bonds is 4. The highest BCUT2D eigenvalue weighted by molar-refractivity contribution is 9.10. The molecule has 1 atom stereocenters. The maximum Gasteiger partial charge on any atom is 0.260 e. The van der Waals surface area contributed by atoms with Crippen LogP contribution in [0.25, 0.3) is 0 Å². The van der Waals surface area contributed by atoms with Crippen molar-refractivity contribution in [3.63, 3.8) is 0 Å². The number of nitrogens with one attached hydrogen (secondary N) is 1. The lowest BCUT2D eigenvalue weighted by Crippen LogP contribution is -2.34. The zero-order valence-electron chi connectivity index (χ0n) is 10.2. The average molecular weight is 301 g/mol. The van der Waals surface area contributed by atoms with Gasteiger partial charge in [0.1, 0.15) is 5.75 Å². The van der Waals surface area contributed by atoms with Crippen molar-refractivity contribution in [2.45, 2.75) is 26.5 Å². The number of ether oxygens (including phenoxy) is 1. The summed E-state index contributed by atoms with van der Waals surface area (Å²) in [6, 6.07) is 3.84. The highest BCUT2D eigenvalue weighted by Gasteiger charge is 2.16. The number of likely N-dealkylation sites (N-methyl/N-ethyl adjacent to an activating group) is 1. The molecule has 1 aromatic carbocycles. The molecule has 0 saturated heterocycles. The average Bonchev–Trinajstić information content (AvgIpc) is 2.30. The highest BCUT2D eigenvalue weighted by atomic mass is 79.9. The predicted octanol–water partition coefficient (Wildman–Crippen LogP) is 1.73. The molecule has 1 rings (SSSR count). The first-order valence-corrected chi connectivity index (χ1v) is 6.16. The minimum Gasteiger partial charge on any atom is -0.480 e. The monoisotopic (exact) mass is 300 g/mol. The molecule has 0 aliphatic carbocycles. The zero-order chi connectivity index (χ0) is 13.0. The van der Waals surface area contributed by atoms with Gasteiger partial charge < -0.3 is 15.8 Å². The Balaban J connectivity index is 3.01. The number of amides is 1. The van der Waals surface area contributed by atoms with E-state index in [1.807, 2.05) is 19.1 Å². The van der Waals surface area contributed by atoms with Gasteiger partial charge in [0, 0.05) is 23.6 Å². The largest absolute Gasteiger partial charge is 0.480 e. The molecule has 4 nitrogen and oxygen atoms in total. The summed E-state index contributed by atoms with van der Waals surface area (Å²) in [5.41, 5.74) is 7.51. The van der Waals surface area contributed by atoms with Crippen molar-refractivity contribution in [2.24, 2.45) is 5.73 Å². The molecule has 1 aromatic rings. The minimum absolute atomic E-state index is 0.157. The summed E-state index contributed by atoms with van der Waals surface area (Å²) in [6.07, 6.45) is -0.537. The van der Waals surface area contributed by atoms with Crippen molar-refractivity contribution in [3.8, 4) is 5.75 Å². The first-order valence-electron chi connectivity index (χ1n) is 5.37. The van der Waals surface area contributed by atoms with Gasteiger partial charge in [-0.2, -0.15) is 0 Å². The summed E-state index contributed by atoms with van der Waals surface area (Å²) in [5, 5.41) is 2.55. The molecule has 1 amide bonds. The Labute approximate surface area is 110 Å². The van der Waals surface area contributed by atoms with E-state index in [9.17, 15) is 4.79 Å². The third-order valence-electron chi connectivity index (χ3n) is 2.45. The van der Waals surface area contributed by atoms with Gasteiger partial charge in [0.05, 0.1) is 0 Å². The van der Waals surface area contributed by atoms with Gasteiger partial charge in [-0.1, -0.05) is 15.9 Å². The van der Waals surface area contributed by atoms with E-state index in [1.165, 1.54) is 0 Å². The van der Waals surface area contributed by atoms with Crippen LogP contribution in [-0.4, -0.2) is 19.1 Å². The van der Waals surface area contributed by atoms with Gasteiger partial charge in [-0.15, -0.1) is 0 Å². The molecule has 0 radical (unpaired) electrons. The maximum absolute atomic E-state index is 11.4. The first kappa shape index (κ1) is 14.0. The lowest BCUT2D eigenvalue weighted by atomic mass is 10.1. The molecule has 0 aliphatic heterocycles. The number of hydrogen-bond donors (Lipinski definition) is 2. The summed E-state index contributed by atoms with van der Waals surface area (Å²) >= 11 is 3.41. The van der Waals surface area contributed by atoms with Crippen LogP contribution in [-0.2, 0) is 11.3 Å². The molecule has 94 valence electrons. The molecule has 0 aliphatic rings. The lowest BCUT2D eigenvalue weighted by molar-refractivity contribution is -0.126. The van der Waals surface area contributed by atoms with Crippen LogP contribution >= 0.6 is 15.9 Å². The number of hydrogen-bond acceptors (Lipinski definition) is 3.